The number of urea groups is 1. The SMILES string of the molecule is Cc1noc2nc(-c3ccccc3)cc(C(=O)Nc3ccc([C@]4(C)NC(=O)NC4=O)cc3)c12. The van der Waals surface area contributed by atoms with E-state index in [9.17, 15) is 14.4 Å². The zero-order chi connectivity index (χ0) is 23.2. The fourth-order valence-electron chi connectivity index (χ4n) is 3.86. The van der Waals surface area contributed by atoms with Gasteiger partial charge < -0.3 is 15.2 Å². The van der Waals surface area contributed by atoms with Gasteiger partial charge in [0, 0.05) is 11.3 Å². The highest BCUT2D eigenvalue weighted by Gasteiger charge is 2.43. The van der Waals surface area contributed by atoms with Crippen LogP contribution in [0.25, 0.3) is 22.4 Å². The second kappa shape index (κ2) is 7.56. The summed E-state index contributed by atoms with van der Waals surface area (Å²) in [5.41, 5.74) is 2.62. The molecule has 3 heterocycles. The first-order valence-corrected chi connectivity index (χ1v) is 10.2. The summed E-state index contributed by atoms with van der Waals surface area (Å²) in [6, 6.07) is 17.4. The van der Waals surface area contributed by atoms with E-state index in [4.69, 9.17) is 4.52 Å². The van der Waals surface area contributed by atoms with Crippen LogP contribution in [0.4, 0.5) is 10.5 Å². The number of imide groups is 1. The minimum atomic E-state index is -1.17. The van der Waals surface area contributed by atoms with Gasteiger partial charge >= 0.3 is 6.03 Å². The molecule has 4 aromatic rings. The molecule has 0 aliphatic carbocycles. The highest BCUT2D eigenvalue weighted by atomic mass is 16.5. The van der Waals surface area contributed by atoms with Crippen molar-refractivity contribution < 1.29 is 18.9 Å². The summed E-state index contributed by atoms with van der Waals surface area (Å²) in [5, 5.41) is 12.2. The molecule has 1 atom stereocenters. The van der Waals surface area contributed by atoms with Crippen LogP contribution in [-0.2, 0) is 10.3 Å². The molecule has 164 valence electrons. The summed E-state index contributed by atoms with van der Waals surface area (Å²) >= 11 is 0. The van der Waals surface area contributed by atoms with Gasteiger partial charge in [-0.15, -0.1) is 0 Å². The number of benzene rings is 2. The molecule has 0 radical (unpaired) electrons. The van der Waals surface area contributed by atoms with E-state index in [0.717, 1.165) is 5.56 Å². The lowest BCUT2D eigenvalue weighted by atomic mass is 9.92. The number of rotatable bonds is 4. The molecule has 3 N–H and O–H groups in total. The normalized spacial score (nSPS) is 17.6. The molecule has 9 nitrogen and oxygen atoms in total. The highest BCUT2D eigenvalue weighted by Crippen LogP contribution is 2.29. The molecule has 0 saturated carbocycles. The molecule has 1 aliphatic heterocycles. The molecule has 0 spiro atoms. The summed E-state index contributed by atoms with van der Waals surface area (Å²) in [5.74, 6) is -0.781. The molecular formula is C24H19N5O4. The van der Waals surface area contributed by atoms with Crippen molar-refractivity contribution in [2.75, 3.05) is 5.32 Å². The van der Waals surface area contributed by atoms with E-state index in [1.807, 2.05) is 30.3 Å². The number of aromatic nitrogens is 2. The number of pyridine rings is 1. The summed E-state index contributed by atoms with van der Waals surface area (Å²) in [7, 11) is 0. The van der Waals surface area contributed by atoms with Gasteiger partial charge in [-0.05, 0) is 37.6 Å². The number of nitrogens with one attached hydrogen (secondary N) is 3. The third-order valence-electron chi connectivity index (χ3n) is 5.70. The fourth-order valence-corrected chi connectivity index (χ4v) is 3.86. The summed E-state index contributed by atoms with van der Waals surface area (Å²) in [4.78, 5) is 41.4. The predicted octanol–water partition coefficient (Wildman–Crippen LogP) is 3.51. The Morgan fingerprint density at radius 2 is 1.79 bits per heavy atom. The van der Waals surface area contributed by atoms with E-state index < -0.39 is 17.5 Å². The van der Waals surface area contributed by atoms with Gasteiger partial charge in [0.15, 0.2) is 0 Å². The molecule has 5 rings (SSSR count). The van der Waals surface area contributed by atoms with Gasteiger partial charge in [0.1, 0.15) is 5.54 Å². The first-order valence-electron chi connectivity index (χ1n) is 10.2. The number of nitrogens with zero attached hydrogens (tertiary/aromatic N) is 2. The van der Waals surface area contributed by atoms with Gasteiger partial charge in [-0.25, -0.2) is 9.78 Å². The molecule has 1 aliphatic rings. The fraction of sp³-hybridized carbons (Fsp3) is 0.125. The van der Waals surface area contributed by atoms with Crippen LogP contribution in [-0.4, -0.2) is 28.0 Å². The van der Waals surface area contributed by atoms with E-state index in [-0.39, 0.29) is 11.6 Å². The van der Waals surface area contributed by atoms with Crippen molar-refractivity contribution in [1.82, 2.24) is 20.8 Å². The first-order chi connectivity index (χ1) is 15.8. The van der Waals surface area contributed by atoms with Crippen molar-refractivity contribution in [3.8, 4) is 11.3 Å². The quantitative estimate of drug-likeness (QED) is 0.416. The molecule has 1 fully saturated rings. The number of aryl methyl sites for hydroxylation is 1. The Balaban J connectivity index is 1.47. The molecule has 9 heteroatoms. The molecule has 0 unspecified atom stereocenters. The van der Waals surface area contributed by atoms with Gasteiger partial charge in [-0.3, -0.25) is 14.9 Å². The number of fused-ring (bicyclic) bond motifs is 1. The van der Waals surface area contributed by atoms with Crippen molar-refractivity contribution in [3.05, 3.63) is 77.5 Å². The van der Waals surface area contributed by atoms with Crippen LogP contribution >= 0.6 is 0 Å². The molecule has 0 bridgehead atoms. The molecule has 2 aromatic carbocycles. The predicted molar refractivity (Wildman–Crippen MR) is 120 cm³/mol. The zero-order valence-electron chi connectivity index (χ0n) is 17.8. The number of amides is 4. The minimum Gasteiger partial charge on any atom is -0.335 e. The van der Waals surface area contributed by atoms with Gasteiger partial charge in [0.25, 0.3) is 17.5 Å². The van der Waals surface area contributed by atoms with Crippen LogP contribution in [0, 0.1) is 6.92 Å². The number of anilines is 1. The van der Waals surface area contributed by atoms with Crippen molar-refractivity contribution in [3.63, 3.8) is 0 Å². The van der Waals surface area contributed by atoms with Crippen molar-refractivity contribution in [2.24, 2.45) is 0 Å². The summed E-state index contributed by atoms with van der Waals surface area (Å²) in [6.07, 6.45) is 0. The maximum absolute atomic E-state index is 13.2. The zero-order valence-corrected chi connectivity index (χ0v) is 17.8. The maximum atomic E-state index is 13.2. The lowest BCUT2D eigenvalue weighted by Gasteiger charge is -2.21. The minimum absolute atomic E-state index is 0.283. The molecule has 2 aromatic heterocycles. The number of hydrogen-bond donors (Lipinski definition) is 3. The number of carbonyl (C=O) groups excluding carboxylic acids is 3. The van der Waals surface area contributed by atoms with E-state index in [1.54, 1.807) is 44.2 Å². The Bertz CT molecular complexity index is 1410. The average Bonchev–Trinajstić information content (AvgIpc) is 3.32. The monoisotopic (exact) mass is 441 g/mol. The van der Waals surface area contributed by atoms with E-state index >= 15 is 0 Å². The molecule has 4 amide bonds. The maximum Gasteiger partial charge on any atom is 0.322 e. The van der Waals surface area contributed by atoms with Crippen LogP contribution in [0.3, 0.4) is 0 Å². The van der Waals surface area contributed by atoms with Crippen molar-refractivity contribution in [1.29, 1.82) is 0 Å². The second-order valence-electron chi connectivity index (χ2n) is 7.93. The van der Waals surface area contributed by atoms with E-state index in [1.165, 1.54) is 0 Å². The highest BCUT2D eigenvalue weighted by molar-refractivity contribution is 6.13. The Kier molecular flexibility index (Phi) is 4.67. The van der Waals surface area contributed by atoms with Gasteiger partial charge in [-0.1, -0.05) is 47.6 Å². The van der Waals surface area contributed by atoms with Gasteiger partial charge in [0.05, 0.1) is 22.3 Å². The third kappa shape index (κ3) is 3.49. The Morgan fingerprint density at radius 3 is 2.45 bits per heavy atom. The second-order valence-corrected chi connectivity index (χ2v) is 7.93. The first kappa shape index (κ1) is 20.4. The number of carbonyl (C=O) groups is 3. The van der Waals surface area contributed by atoms with Gasteiger partial charge in [0.2, 0.25) is 0 Å². The lowest BCUT2D eigenvalue weighted by Crippen LogP contribution is -2.40. The van der Waals surface area contributed by atoms with Crippen LogP contribution in [0.5, 0.6) is 0 Å². The summed E-state index contributed by atoms with van der Waals surface area (Å²) in [6.45, 7) is 3.37. The van der Waals surface area contributed by atoms with Crippen LogP contribution < -0.4 is 16.0 Å². The molecule has 33 heavy (non-hydrogen) atoms. The van der Waals surface area contributed by atoms with Crippen molar-refractivity contribution in [2.45, 2.75) is 19.4 Å². The van der Waals surface area contributed by atoms with E-state index in [0.29, 0.717) is 33.6 Å². The van der Waals surface area contributed by atoms with Crippen LogP contribution in [0.2, 0.25) is 0 Å². The van der Waals surface area contributed by atoms with Crippen LogP contribution in [0.1, 0.15) is 28.5 Å². The standard InChI is InChI=1S/C24H19N5O4/c1-13-19-17(12-18(26-21(19)33-29-13)14-6-4-3-5-7-14)20(30)25-16-10-8-15(9-11-16)24(2)22(31)27-23(32)28-24/h3-12H,1-2H3,(H,25,30)(H2,27,28,31,32)/t24-/m0/s1. The number of hydrogen-bond acceptors (Lipinski definition) is 6. The van der Waals surface area contributed by atoms with E-state index in [2.05, 4.69) is 26.1 Å². The van der Waals surface area contributed by atoms with Crippen LogP contribution in [0.15, 0.2) is 65.2 Å². The largest absolute Gasteiger partial charge is 0.335 e. The lowest BCUT2D eigenvalue weighted by molar-refractivity contribution is -0.123. The third-order valence-corrected chi connectivity index (χ3v) is 5.70. The average molecular weight is 441 g/mol. The smallest absolute Gasteiger partial charge is 0.322 e. The summed E-state index contributed by atoms with van der Waals surface area (Å²) < 4.78 is 5.34. The van der Waals surface area contributed by atoms with Gasteiger partial charge in [-0.2, -0.15) is 0 Å². The van der Waals surface area contributed by atoms with Crippen molar-refractivity contribution >= 4 is 34.6 Å². The molecular weight excluding hydrogens is 422 g/mol. The molecule has 1 saturated heterocycles. The Hall–Kier alpha value is -4.53. The Labute approximate surface area is 188 Å². The Morgan fingerprint density at radius 1 is 1.06 bits per heavy atom. The topological polar surface area (TPSA) is 126 Å².